The molecule has 0 saturated carbocycles. The number of nitrogens with one attached hydrogen (secondary N) is 2. The number of carbonyl (C=O) groups excluding carboxylic acids is 1. The second-order valence-electron chi connectivity index (χ2n) is 4.63. The molecule has 0 bridgehead atoms. The van der Waals surface area contributed by atoms with Gasteiger partial charge in [-0.15, -0.1) is 0 Å². The van der Waals surface area contributed by atoms with Crippen molar-refractivity contribution in [3.63, 3.8) is 0 Å². The molecule has 3 heteroatoms. The van der Waals surface area contributed by atoms with Gasteiger partial charge in [0, 0.05) is 18.8 Å². The monoisotopic (exact) mass is 248 g/mol. The molecular weight excluding hydrogens is 224 g/mol. The Labute approximate surface area is 110 Å². The van der Waals surface area contributed by atoms with Gasteiger partial charge in [0.1, 0.15) is 0 Å². The quantitative estimate of drug-likeness (QED) is 0.811. The normalized spacial score (nSPS) is 12.3. The van der Waals surface area contributed by atoms with Crippen LogP contribution in [0, 0.1) is 5.92 Å². The highest BCUT2D eigenvalue weighted by atomic mass is 16.1. The van der Waals surface area contributed by atoms with E-state index in [9.17, 15) is 4.79 Å². The Hall–Kier alpha value is -1.51. The molecule has 0 aliphatic rings. The zero-order valence-electron chi connectivity index (χ0n) is 11.8. The van der Waals surface area contributed by atoms with Gasteiger partial charge in [-0.3, -0.25) is 4.79 Å². The van der Waals surface area contributed by atoms with Crippen molar-refractivity contribution in [2.24, 2.45) is 5.92 Å². The second kappa shape index (κ2) is 7.04. The number of hydrogen-bond acceptors (Lipinski definition) is 2. The molecule has 0 aliphatic heterocycles. The third kappa shape index (κ3) is 3.49. The maximum Gasteiger partial charge on any atom is 0.253 e. The summed E-state index contributed by atoms with van der Waals surface area (Å²) in [6, 6.07) is 7.78. The first kappa shape index (κ1) is 14.6. The molecule has 0 fully saturated rings. The predicted octanol–water partition coefficient (Wildman–Crippen LogP) is 3.28. The highest BCUT2D eigenvalue weighted by Crippen LogP contribution is 2.16. The van der Waals surface area contributed by atoms with E-state index in [0.717, 1.165) is 18.5 Å². The lowest BCUT2D eigenvalue weighted by Gasteiger charge is -2.23. The molecule has 18 heavy (non-hydrogen) atoms. The average Bonchev–Trinajstić information content (AvgIpc) is 2.40. The Morgan fingerprint density at radius 1 is 1.22 bits per heavy atom. The van der Waals surface area contributed by atoms with E-state index in [1.807, 2.05) is 31.3 Å². The van der Waals surface area contributed by atoms with Crippen LogP contribution in [0.4, 0.5) is 5.69 Å². The van der Waals surface area contributed by atoms with E-state index < -0.39 is 0 Å². The van der Waals surface area contributed by atoms with Crippen LogP contribution in [-0.2, 0) is 0 Å². The fraction of sp³-hybridized carbons (Fsp3) is 0.533. The van der Waals surface area contributed by atoms with Crippen LogP contribution in [0.15, 0.2) is 24.3 Å². The molecule has 0 spiro atoms. The highest BCUT2D eigenvalue weighted by molar-refractivity contribution is 5.99. The van der Waals surface area contributed by atoms with Crippen LogP contribution >= 0.6 is 0 Å². The van der Waals surface area contributed by atoms with E-state index in [2.05, 4.69) is 31.4 Å². The summed E-state index contributed by atoms with van der Waals surface area (Å²) in [7, 11) is 1.83. The summed E-state index contributed by atoms with van der Waals surface area (Å²) in [5.74, 6) is 0.537. The van der Waals surface area contributed by atoms with Gasteiger partial charge in [0.25, 0.3) is 5.91 Å². The zero-order valence-corrected chi connectivity index (χ0v) is 11.8. The van der Waals surface area contributed by atoms with Crippen LogP contribution in [0.25, 0.3) is 0 Å². The smallest absolute Gasteiger partial charge is 0.253 e. The Kier molecular flexibility index (Phi) is 5.69. The first-order valence-corrected chi connectivity index (χ1v) is 6.71. The van der Waals surface area contributed by atoms with Crippen LogP contribution in [0.1, 0.15) is 44.0 Å². The summed E-state index contributed by atoms with van der Waals surface area (Å²) < 4.78 is 0. The lowest BCUT2D eigenvalue weighted by molar-refractivity contribution is 0.0926. The van der Waals surface area contributed by atoms with E-state index in [1.54, 1.807) is 0 Å². The number of rotatable bonds is 6. The Balaban J connectivity index is 2.76. The van der Waals surface area contributed by atoms with Gasteiger partial charge in [0.15, 0.2) is 0 Å². The first-order valence-electron chi connectivity index (χ1n) is 6.71. The SMILES string of the molecule is CCC(CC)C(C)NC(=O)c1ccccc1NC. The van der Waals surface area contributed by atoms with Gasteiger partial charge in [-0.05, 0) is 25.0 Å². The van der Waals surface area contributed by atoms with Gasteiger partial charge in [-0.2, -0.15) is 0 Å². The summed E-state index contributed by atoms with van der Waals surface area (Å²) in [6.45, 7) is 6.41. The minimum Gasteiger partial charge on any atom is -0.387 e. The number of hydrogen-bond donors (Lipinski definition) is 2. The molecule has 1 amide bonds. The van der Waals surface area contributed by atoms with Gasteiger partial charge >= 0.3 is 0 Å². The van der Waals surface area contributed by atoms with Gasteiger partial charge in [0.05, 0.1) is 5.56 Å². The molecule has 0 radical (unpaired) electrons. The Morgan fingerprint density at radius 3 is 2.39 bits per heavy atom. The number of benzene rings is 1. The van der Waals surface area contributed by atoms with Crippen LogP contribution in [0.3, 0.4) is 0 Å². The molecule has 0 heterocycles. The largest absolute Gasteiger partial charge is 0.387 e. The topological polar surface area (TPSA) is 41.1 Å². The summed E-state index contributed by atoms with van der Waals surface area (Å²) in [6.07, 6.45) is 2.18. The van der Waals surface area contributed by atoms with Crippen LogP contribution in [0.5, 0.6) is 0 Å². The number of anilines is 1. The Morgan fingerprint density at radius 2 is 1.83 bits per heavy atom. The van der Waals surface area contributed by atoms with Crippen molar-refractivity contribution in [2.75, 3.05) is 12.4 Å². The van der Waals surface area contributed by atoms with E-state index in [1.165, 1.54) is 0 Å². The van der Waals surface area contributed by atoms with Gasteiger partial charge in [-0.25, -0.2) is 0 Å². The van der Waals surface area contributed by atoms with E-state index in [0.29, 0.717) is 11.5 Å². The van der Waals surface area contributed by atoms with E-state index >= 15 is 0 Å². The third-order valence-electron chi connectivity index (χ3n) is 3.56. The maximum absolute atomic E-state index is 12.2. The summed E-state index contributed by atoms with van der Waals surface area (Å²) in [5.41, 5.74) is 1.57. The molecule has 1 unspecified atom stereocenters. The predicted molar refractivity (Wildman–Crippen MR) is 77.0 cm³/mol. The minimum atomic E-state index is -0.000602. The van der Waals surface area contributed by atoms with Gasteiger partial charge in [-0.1, -0.05) is 38.8 Å². The summed E-state index contributed by atoms with van der Waals surface area (Å²) in [5, 5.41) is 6.14. The third-order valence-corrected chi connectivity index (χ3v) is 3.56. The van der Waals surface area contributed by atoms with Crippen molar-refractivity contribution < 1.29 is 4.79 Å². The van der Waals surface area contributed by atoms with Crippen molar-refractivity contribution in [3.05, 3.63) is 29.8 Å². The minimum absolute atomic E-state index is 0.000602. The fourth-order valence-corrected chi connectivity index (χ4v) is 2.30. The maximum atomic E-state index is 12.2. The zero-order chi connectivity index (χ0) is 13.5. The molecule has 2 N–H and O–H groups in total. The van der Waals surface area contributed by atoms with Crippen molar-refractivity contribution >= 4 is 11.6 Å². The van der Waals surface area contributed by atoms with E-state index in [4.69, 9.17) is 0 Å². The van der Waals surface area contributed by atoms with Crippen molar-refractivity contribution in [2.45, 2.75) is 39.7 Å². The van der Waals surface area contributed by atoms with Crippen molar-refractivity contribution in [1.29, 1.82) is 0 Å². The molecule has 3 nitrogen and oxygen atoms in total. The molecule has 0 aromatic heterocycles. The number of carbonyl (C=O) groups is 1. The summed E-state index contributed by atoms with van der Waals surface area (Å²) >= 11 is 0. The van der Waals surface area contributed by atoms with Crippen molar-refractivity contribution in [1.82, 2.24) is 5.32 Å². The lowest BCUT2D eigenvalue weighted by atomic mass is 9.95. The molecule has 1 aromatic carbocycles. The second-order valence-corrected chi connectivity index (χ2v) is 4.63. The van der Waals surface area contributed by atoms with Crippen LogP contribution in [0.2, 0.25) is 0 Å². The van der Waals surface area contributed by atoms with Gasteiger partial charge < -0.3 is 10.6 Å². The molecule has 100 valence electrons. The molecular formula is C15H24N2O. The molecule has 1 aromatic rings. The number of amides is 1. The fourth-order valence-electron chi connectivity index (χ4n) is 2.30. The first-order chi connectivity index (χ1) is 8.63. The number of para-hydroxylation sites is 1. The van der Waals surface area contributed by atoms with Crippen molar-refractivity contribution in [3.8, 4) is 0 Å². The van der Waals surface area contributed by atoms with Crippen LogP contribution in [-0.4, -0.2) is 19.0 Å². The average molecular weight is 248 g/mol. The van der Waals surface area contributed by atoms with Crippen LogP contribution < -0.4 is 10.6 Å². The lowest BCUT2D eigenvalue weighted by Crippen LogP contribution is -2.38. The highest BCUT2D eigenvalue weighted by Gasteiger charge is 2.17. The van der Waals surface area contributed by atoms with Gasteiger partial charge in [0.2, 0.25) is 0 Å². The summed E-state index contributed by atoms with van der Waals surface area (Å²) in [4.78, 5) is 12.2. The van der Waals surface area contributed by atoms with E-state index in [-0.39, 0.29) is 11.9 Å². The molecule has 1 atom stereocenters. The molecule has 0 aliphatic carbocycles. The molecule has 0 saturated heterocycles. The Bertz CT molecular complexity index is 386. The molecule has 1 rings (SSSR count). The standard InChI is InChI=1S/C15H24N2O/c1-5-12(6-2)11(3)17-15(18)13-9-7-8-10-14(13)16-4/h7-12,16H,5-6H2,1-4H3,(H,17,18).